The number of hydrogen-bond acceptors (Lipinski definition) is 9. The predicted molar refractivity (Wildman–Crippen MR) is 189 cm³/mol. The number of aliphatic carboxylic acids is 1. The lowest BCUT2D eigenvalue weighted by molar-refractivity contribution is -0.136. The topological polar surface area (TPSA) is 174 Å². The number of hydrogen-bond donors (Lipinski definition) is 7. The van der Waals surface area contributed by atoms with E-state index in [0.717, 1.165) is 23.0 Å². The molecule has 1 amide bonds. The van der Waals surface area contributed by atoms with Crippen molar-refractivity contribution in [2.45, 2.75) is 38.5 Å². The first-order chi connectivity index (χ1) is 23.7. The van der Waals surface area contributed by atoms with Crippen LogP contribution in [0.5, 0.6) is 5.88 Å². The molecule has 1 aliphatic heterocycles. The first-order valence-corrected chi connectivity index (χ1v) is 16.5. The molecule has 0 spiro atoms. The summed E-state index contributed by atoms with van der Waals surface area (Å²) in [7, 11) is 0. The molecule has 1 saturated heterocycles. The Bertz CT molecular complexity index is 2020. The van der Waals surface area contributed by atoms with Crippen LogP contribution >= 0.6 is 23.2 Å². The van der Waals surface area contributed by atoms with Crippen molar-refractivity contribution in [1.82, 2.24) is 30.5 Å². The van der Waals surface area contributed by atoms with Crippen molar-refractivity contribution in [1.29, 1.82) is 0 Å². The number of nitrogens with zero attached hydrogens (tertiary/aromatic N) is 3. The number of benzene rings is 2. The average molecular weight is 705 g/mol. The highest BCUT2D eigenvalue weighted by molar-refractivity contribution is 6.39. The summed E-state index contributed by atoms with van der Waals surface area (Å²) in [6.45, 7) is 1.33. The second kappa shape index (κ2) is 15.2. The van der Waals surface area contributed by atoms with Crippen molar-refractivity contribution < 1.29 is 24.9 Å². The van der Waals surface area contributed by atoms with Gasteiger partial charge in [-0.05, 0) is 30.7 Å². The Morgan fingerprint density at radius 1 is 1.00 bits per heavy atom. The average Bonchev–Trinajstić information content (AvgIpc) is 3.66. The van der Waals surface area contributed by atoms with Gasteiger partial charge >= 0.3 is 5.97 Å². The zero-order chi connectivity index (χ0) is 34.5. The van der Waals surface area contributed by atoms with Gasteiger partial charge in [-0.1, -0.05) is 59.6 Å². The van der Waals surface area contributed by atoms with Crippen LogP contribution in [0.3, 0.4) is 0 Å². The standard InChI is InChI=1S/C35H35Cl2N7O5/c36-32-23(3-1-5-25(32)27-9-7-20(35(49)43-27)16-38-17-21-8-10-30(46)41-21)24-4-2-6-28(33(24)37)42-34-26-15-22(18-39-19-31(47)48)44(13-14-45)29(26)11-12-40-34/h1-7,9,11-12,15,21,38-39,45H,8,10,13-14,16-19H2,(H,40,42)(H,41,46)(H,43,49)(H,47,48)/t21-/m0/s1. The van der Waals surface area contributed by atoms with Gasteiger partial charge in [0.15, 0.2) is 0 Å². The van der Waals surface area contributed by atoms with Crippen LogP contribution in [0.25, 0.3) is 33.3 Å². The number of carbonyl (C=O) groups excluding carboxylic acids is 1. The van der Waals surface area contributed by atoms with Gasteiger partial charge in [-0.25, -0.2) is 9.97 Å². The third kappa shape index (κ3) is 7.64. The number of nitrogens with one attached hydrogen (secondary N) is 4. The monoisotopic (exact) mass is 703 g/mol. The fourth-order valence-electron chi connectivity index (χ4n) is 6.03. The summed E-state index contributed by atoms with van der Waals surface area (Å²) in [5, 5.41) is 43.5. The molecule has 14 heteroatoms. The highest BCUT2D eigenvalue weighted by atomic mass is 35.5. The maximum absolute atomic E-state index is 11.4. The van der Waals surface area contributed by atoms with Gasteiger partial charge < -0.3 is 41.2 Å². The third-order valence-electron chi connectivity index (χ3n) is 8.39. The number of pyridine rings is 2. The number of carboxylic acids is 1. The lowest BCUT2D eigenvalue weighted by atomic mass is 10.00. The largest absolute Gasteiger partial charge is 0.493 e. The van der Waals surface area contributed by atoms with E-state index in [1.54, 1.807) is 18.3 Å². The molecule has 1 atom stereocenters. The van der Waals surface area contributed by atoms with E-state index in [1.165, 1.54) is 0 Å². The normalized spacial score (nSPS) is 14.3. The molecule has 0 bridgehead atoms. The molecule has 7 N–H and O–H groups in total. The number of amides is 1. The van der Waals surface area contributed by atoms with E-state index in [9.17, 15) is 19.8 Å². The fraction of sp³-hybridized carbons (Fsp3) is 0.257. The molecule has 49 heavy (non-hydrogen) atoms. The number of rotatable bonds is 14. The minimum atomic E-state index is -0.960. The molecule has 12 nitrogen and oxygen atoms in total. The van der Waals surface area contributed by atoms with E-state index in [4.69, 9.17) is 28.3 Å². The maximum atomic E-state index is 11.4. The van der Waals surface area contributed by atoms with Crippen molar-refractivity contribution in [2.75, 3.05) is 25.0 Å². The number of carboxylic acid groups (broad SMARTS) is 1. The van der Waals surface area contributed by atoms with Gasteiger partial charge in [0.1, 0.15) is 5.82 Å². The Kier molecular flexibility index (Phi) is 10.6. The number of aliphatic hydroxyl groups is 1. The fourth-order valence-corrected chi connectivity index (χ4v) is 6.63. The first kappa shape index (κ1) is 34.2. The number of carbonyl (C=O) groups is 2. The van der Waals surface area contributed by atoms with Crippen LogP contribution in [-0.4, -0.2) is 67.5 Å². The molecule has 0 unspecified atom stereocenters. The number of fused-ring (bicyclic) bond motifs is 1. The Hall–Kier alpha value is -4.72. The number of anilines is 2. The molecule has 1 fully saturated rings. The highest BCUT2D eigenvalue weighted by Gasteiger charge is 2.21. The predicted octanol–water partition coefficient (Wildman–Crippen LogP) is 5.06. The lowest BCUT2D eigenvalue weighted by Crippen LogP contribution is -2.35. The van der Waals surface area contributed by atoms with Crippen LogP contribution in [0, 0.1) is 0 Å². The second-order valence-corrected chi connectivity index (χ2v) is 12.4. The summed E-state index contributed by atoms with van der Waals surface area (Å²) in [6, 6.07) is 18.5. The van der Waals surface area contributed by atoms with Crippen LogP contribution in [0.4, 0.5) is 11.5 Å². The zero-order valence-corrected chi connectivity index (χ0v) is 27.9. The van der Waals surface area contributed by atoms with Gasteiger partial charge in [-0.15, -0.1) is 0 Å². The third-order valence-corrected chi connectivity index (χ3v) is 9.20. The van der Waals surface area contributed by atoms with Crippen molar-refractivity contribution in [2.24, 2.45) is 0 Å². The molecule has 6 rings (SSSR count). The lowest BCUT2D eigenvalue weighted by Gasteiger charge is -2.15. The Labute approximate surface area is 292 Å². The van der Waals surface area contributed by atoms with Gasteiger partial charge in [0.05, 0.1) is 40.1 Å². The smallest absolute Gasteiger partial charge is 0.317 e. The van der Waals surface area contributed by atoms with Crippen LogP contribution in [0.2, 0.25) is 10.0 Å². The number of aromatic nitrogens is 3. The van der Waals surface area contributed by atoms with Gasteiger partial charge in [0.2, 0.25) is 11.8 Å². The van der Waals surface area contributed by atoms with Crippen LogP contribution < -0.4 is 21.3 Å². The molecule has 0 radical (unpaired) electrons. The van der Waals surface area contributed by atoms with Crippen LogP contribution in [-0.2, 0) is 29.2 Å². The molecule has 0 aliphatic carbocycles. The van der Waals surface area contributed by atoms with Crippen molar-refractivity contribution >= 4 is 57.5 Å². The molecule has 3 aromatic heterocycles. The quantitative estimate of drug-likeness (QED) is 0.0829. The van der Waals surface area contributed by atoms with Gasteiger partial charge in [0, 0.05) is 78.2 Å². The van der Waals surface area contributed by atoms with E-state index in [2.05, 4.69) is 31.2 Å². The van der Waals surface area contributed by atoms with Crippen LogP contribution in [0.15, 0.2) is 66.9 Å². The molecule has 5 aromatic rings. The Morgan fingerprint density at radius 2 is 1.78 bits per heavy atom. The SMILES string of the molecule is O=C(O)CNCc1cc2c(Nc3cccc(-c4cccc(-c5ccc(CNC[C@@H]6CCC(=O)N6)c(O)n5)c4Cl)c3Cl)nccc2n1CCO. The van der Waals surface area contributed by atoms with Gasteiger partial charge in [0.25, 0.3) is 0 Å². The van der Waals surface area contributed by atoms with E-state index in [0.29, 0.717) is 82.1 Å². The maximum Gasteiger partial charge on any atom is 0.317 e. The molecule has 1 aliphatic rings. The van der Waals surface area contributed by atoms with E-state index in [-0.39, 0.29) is 31.0 Å². The van der Waals surface area contributed by atoms with E-state index in [1.807, 2.05) is 53.1 Å². The Morgan fingerprint density at radius 3 is 2.51 bits per heavy atom. The minimum absolute atomic E-state index is 0.0589. The summed E-state index contributed by atoms with van der Waals surface area (Å²) in [5.41, 5.74) is 5.30. The van der Waals surface area contributed by atoms with Gasteiger partial charge in [-0.3, -0.25) is 9.59 Å². The molecule has 0 saturated carbocycles. The highest BCUT2D eigenvalue weighted by Crippen LogP contribution is 2.42. The Balaban J connectivity index is 1.24. The summed E-state index contributed by atoms with van der Waals surface area (Å²) < 4.78 is 1.92. The van der Waals surface area contributed by atoms with Gasteiger partial charge in [-0.2, -0.15) is 0 Å². The molecule has 2 aromatic carbocycles. The number of halogens is 2. The minimum Gasteiger partial charge on any atom is -0.493 e. The van der Waals surface area contributed by atoms with Crippen molar-refractivity contribution in [3.05, 3.63) is 88.2 Å². The summed E-state index contributed by atoms with van der Waals surface area (Å²) >= 11 is 14.0. The second-order valence-electron chi connectivity index (χ2n) is 11.7. The van der Waals surface area contributed by atoms with Crippen molar-refractivity contribution in [3.63, 3.8) is 0 Å². The first-order valence-electron chi connectivity index (χ1n) is 15.8. The molecular weight excluding hydrogens is 669 g/mol. The summed E-state index contributed by atoms with van der Waals surface area (Å²) in [4.78, 5) is 31.5. The molecular formula is C35H35Cl2N7O5. The van der Waals surface area contributed by atoms with Crippen LogP contribution in [0.1, 0.15) is 24.1 Å². The zero-order valence-electron chi connectivity index (χ0n) is 26.3. The number of aliphatic hydroxyl groups excluding tert-OH is 1. The van der Waals surface area contributed by atoms with E-state index < -0.39 is 5.97 Å². The molecule has 4 heterocycles. The molecule has 254 valence electrons. The summed E-state index contributed by atoms with van der Waals surface area (Å²) in [6.07, 6.45) is 2.98. The number of aromatic hydroxyl groups is 1. The summed E-state index contributed by atoms with van der Waals surface area (Å²) in [5.74, 6) is -0.474. The van der Waals surface area contributed by atoms with E-state index >= 15 is 0 Å². The van der Waals surface area contributed by atoms with Crippen molar-refractivity contribution in [3.8, 4) is 28.3 Å².